The molecule has 0 amide bonds. The zero-order valence-electron chi connectivity index (χ0n) is 12.5. The number of thiocarbonyl (C=S) groups is 1. The summed E-state index contributed by atoms with van der Waals surface area (Å²) in [6.07, 6.45) is 3.77. The van der Waals surface area contributed by atoms with Crippen LogP contribution in [0.2, 0.25) is 0 Å². The van der Waals surface area contributed by atoms with Crippen molar-refractivity contribution < 1.29 is 8.42 Å². The fourth-order valence-corrected chi connectivity index (χ4v) is 3.46. The summed E-state index contributed by atoms with van der Waals surface area (Å²) in [5.41, 5.74) is 1.04. The first kappa shape index (κ1) is 16.2. The molecule has 9 heteroatoms. The molecule has 0 saturated carbocycles. The van der Waals surface area contributed by atoms with E-state index in [1.807, 2.05) is 25.1 Å². The van der Waals surface area contributed by atoms with Gasteiger partial charge in [0.2, 0.25) is 10.0 Å². The van der Waals surface area contributed by atoms with E-state index in [1.165, 1.54) is 10.6 Å². The fourth-order valence-electron chi connectivity index (χ4n) is 2.36. The molecule has 1 saturated heterocycles. The highest BCUT2D eigenvalue weighted by atomic mass is 32.2. The van der Waals surface area contributed by atoms with E-state index < -0.39 is 10.0 Å². The summed E-state index contributed by atoms with van der Waals surface area (Å²) in [5, 5.41) is 7.91. The first-order valence-corrected chi connectivity index (χ1v) is 8.97. The van der Waals surface area contributed by atoms with Gasteiger partial charge in [-0.25, -0.2) is 12.7 Å². The van der Waals surface area contributed by atoms with Crippen molar-refractivity contribution in [2.75, 3.05) is 26.4 Å². The second-order valence-electron chi connectivity index (χ2n) is 5.28. The predicted molar refractivity (Wildman–Crippen MR) is 85.2 cm³/mol. The van der Waals surface area contributed by atoms with E-state index >= 15 is 0 Å². The van der Waals surface area contributed by atoms with Gasteiger partial charge in [0, 0.05) is 39.4 Å². The van der Waals surface area contributed by atoms with Gasteiger partial charge in [-0.15, -0.1) is 0 Å². The monoisotopic (exact) mass is 331 g/mol. The highest BCUT2D eigenvalue weighted by Gasteiger charge is 2.31. The van der Waals surface area contributed by atoms with Gasteiger partial charge in [0.1, 0.15) is 0 Å². The van der Waals surface area contributed by atoms with E-state index in [-0.39, 0.29) is 6.04 Å². The molecule has 0 aromatic carbocycles. The van der Waals surface area contributed by atoms with Gasteiger partial charge in [0.15, 0.2) is 5.11 Å². The zero-order valence-corrected chi connectivity index (χ0v) is 14.1. The standard InChI is InChI=1S/C12H21N5O2S2/c1-15(11-5-7-17(9-11)21(3,18)19)12(20)13-8-10-4-6-14-16(10)2/h4,6,11H,5,7-9H2,1-3H3,(H,13,20). The quantitative estimate of drug-likeness (QED) is 0.768. The van der Waals surface area contributed by atoms with Crippen LogP contribution in [0.5, 0.6) is 0 Å². The molecule has 1 N–H and O–H groups in total. The molecule has 2 rings (SSSR count). The Hall–Kier alpha value is -1.19. The number of nitrogens with zero attached hydrogens (tertiary/aromatic N) is 4. The molecule has 0 spiro atoms. The van der Waals surface area contributed by atoms with Crippen molar-refractivity contribution in [2.45, 2.75) is 19.0 Å². The third-order valence-electron chi connectivity index (χ3n) is 3.81. The lowest BCUT2D eigenvalue weighted by atomic mass is 10.2. The minimum Gasteiger partial charge on any atom is -0.357 e. The van der Waals surface area contributed by atoms with E-state index in [1.54, 1.807) is 10.9 Å². The molecule has 1 aliphatic rings. The number of sulfonamides is 1. The number of aryl methyl sites for hydroxylation is 1. The fraction of sp³-hybridized carbons (Fsp3) is 0.667. The molecule has 1 atom stereocenters. The Kier molecular flexibility index (Phi) is 4.84. The summed E-state index contributed by atoms with van der Waals surface area (Å²) in [7, 11) is 0.661. The average Bonchev–Trinajstić information content (AvgIpc) is 3.03. The van der Waals surface area contributed by atoms with Crippen molar-refractivity contribution in [1.29, 1.82) is 0 Å². The zero-order chi connectivity index (χ0) is 15.6. The molecule has 1 aromatic rings. The molecular weight excluding hydrogens is 310 g/mol. The second-order valence-corrected chi connectivity index (χ2v) is 7.65. The maximum absolute atomic E-state index is 11.5. The lowest BCUT2D eigenvalue weighted by molar-refractivity contribution is 0.364. The normalized spacial score (nSPS) is 19.7. The molecule has 2 heterocycles. The van der Waals surface area contributed by atoms with Gasteiger partial charge >= 0.3 is 0 Å². The highest BCUT2D eigenvalue weighted by Crippen LogP contribution is 2.17. The van der Waals surface area contributed by atoms with Gasteiger partial charge in [-0.1, -0.05) is 0 Å². The van der Waals surface area contributed by atoms with Crippen LogP contribution in [0.3, 0.4) is 0 Å². The summed E-state index contributed by atoms with van der Waals surface area (Å²) in [5.74, 6) is 0. The molecule has 7 nitrogen and oxygen atoms in total. The first-order chi connectivity index (χ1) is 9.79. The van der Waals surface area contributed by atoms with Crippen LogP contribution in [0.25, 0.3) is 0 Å². The Morgan fingerprint density at radius 2 is 2.33 bits per heavy atom. The molecule has 1 unspecified atom stereocenters. The second kappa shape index (κ2) is 6.29. The van der Waals surface area contributed by atoms with Crippen molar-refractivity contribution in [2.24, 2.45) is 7.05 Å². The van der Waals surface area contributed by atoms with Gasteiger partial charge < -0.3 is 10.2 Å². The molecular formula is C12H21N5O2S2. The van der Waals surface area contributed by atoms with Crippen LogP contribution in [0, 0.1) is 0 Å². The Morgan fingerprint density at radius 1 is 1.62 bits per heavy atom. The topological polar surface area (TPSA) is 70.5 Å². The van der Waals surface area contributed by atoms with Crippen LogP contribution in [0.15, 0.2) is 12.3 Å². The third-order valence-corrected chi connectivity index (χ3v) is 5.51. The van der Waals surface area contributed by atoms with Crippen molar-refractivity contribution in [1.82, 2.24) is 24.3 Å². The van der Waals surface area contributed by atoms with E-state index in [0.717, 1.165) is 12.1 Å². The SMILES string of the molecule is CN(C(=S)NCc1ccnn1C)C1CCN(S(C)(=O)=O)C1. The molecule has 0 radical (unpaired) electrons. The van der Waals surface area contributed by atoms with Crippen molar-refractivity contribution in [3.8, 4) is 0 Å². The lowest BCUT2D eigenvalue weighted by Gasteiger charge is -2.27. The predicted octanol–water partition coefficient (Wildman–Crippen LogP) is -0.240. The van der Waals surface area contributed by atoms with Gasteiger partial charge in [0.25, 0.3) is 0 Å². The third kappa shape index (κ3) is 3.92. The number of hydrogen-bond donors (Lipinski definition) is 1. The van der Waals surface area contributed by atoms with Crippen molar-refractivity contribution in [3.63, 3.8) is 0 Å². The average molecular weight is 331 g/mol. The van der Waals surface area contributed by atoms with E-state index in [9.17, 15) is 8.42 Å². The summed E-state index contributed by atoms with van der Waals surface area (Å²) in [6.45, 7) is 1.64. The highest BCUT2D eigenvalue weighted by molar-refractivity contribution is 7.88. The van der Waals surface area contributed by atoms with E-state index in [2.05, 4.69) is 10.4 Å². The minimum absolute atomic E-state index is 0.117. The van der Waals surface area contributed by atoms with Gasteiger partial charge in [0.05, 0.1) is 18.5 Å². The van der Waals surface area contributed by atoms with Crippen LogP contribution >= 0.6 is 12.2 Å². The smallest absolute Gasteiger partial charge is 0.211 e. The maximum atomic E-state index is 11.5. The molecule has 118 valence electrons. The summed E-state index contributed by atoms with van der Waals surface area (Å²) in [4.78, 5) is 1.94. The number of nitrogens with one attached hydrogen (secondary N) is 1. The Bertz CT molecular complexity index is 613. The van der Waals surface area contributed by atoms with Crippen LogP contribution in [0.1, 0.15) is 12.1 Å². The van der Waals surface area contributed by atoms with Crippen LogP contribution in [-0.2, 0) is 23.6 Å². The lowest BCUT2D eigenvalue weighted by Crippen LogP contribution is -2.44. The summed E-state index contributed by atoms with van der Waals surface area (Å²) < 4.78 is 26.4. The summed E-state index contributed by atoms with van der Waals surface area (Å²) in [6, 6.07) is 2.04. The first-order valence-electron chi connectivity index (χ1n) is 6.71. The van der Waals surface area contributed by atoms with Gasteiger partial charge in [-0.05, 0) is 24.7 Å². The maximum Gasteiger partial charge on any atom is 0.211 e. The largest absolute Gasteiger partial charge is 0.357 e. The van der Waals surface area contributed by atoms with Crippen molar-refractivity contribution in [3.05, 3.63) is 18.0 Å². The molecule has 1 aliphatic heterocycles. The Labute approximate surface area is 131 Å². The van der Waals surface area contributed by atoms with E-state index in [4.69, 9.17) is 12.2 Å². The molecule has 21 heavy (non-hydrogen) atoms. The number of rotatable bonds is 4. The molecule has 1 aromatic heterocycles. The van der Waals surface area contributed by atoms with Crippen LogP contribution in [0.4, 0.5) is 0 Å². The summed E-state index contributed by atoms with van der Waals surface area (Å²) >= 11 is 5.38. The molecule has 0 bridgehead atoms. The van der Waals surface area contributed by atoms with Crippen LogP contribution in [-0.4, -0.2) is 65.0 Å². The van der Waals surface area contributed by atoms with Crippen LogP contribution < -0.4 is 5.32 Å². The van der Waals surface area contributed by atoms with Gasteiger partial charge in [-0.3, -0.25) is 4.68 Å². The van der Waals surface area contributed by atoms with E-state index in [0.29, 0.717) is 24.7 Å². The number of likely N-dealkylation sites (N-methyl/N-ethyl adjacent to an activating group) is 1. The Balaban J connectivity index is 1.87. The van der Waals surface area contributed by atoms with Gasteiger partial charge in [-0.2, -0.15) is 5.10 Å². The number of hydrogen-bond acceptors (Lipinski definition) is 4. The Morgan fingerprint density at radius 3 is 2.86 bits per heavy atom. The van der Waals surface area contributed by atoms with Crippen molar-refractivity contribution >= 4 is 27.4 Å². The minimum atomic E-state index is -3.12. The molecule has 1 fully saturated rings. The number of aromatic nitrogens is 2. The molecule has 0 aliphatic carbocycles.